The van der Waals surface area contributed by atoms with E-state index in [9.17, 15) is 4.79 Å². The van der Waals surface area contributed by atoms with Gasteiger partial charge in [0.05, 0.1) is 5.25 Å². The van der Waals surface area contributed by atoms with Crippen LogP contribution in [0.25, 0.3) is 0 Å². The van der Waals surface area contributed by atoms with E-state index in [4.69, 9.17) is 0 Å². The summed E-state index contributed by atoms with van der Waals surface area (Å²) in [6.07, 6.45) is 1.96. The summed E-state index contributed by atoms with van der Waals surface area (Å²) in [5, 5.41) is 6.33. The molecular formula is C10H21N3OS. The van der Waals surface area contributed by atoms with Crippen molar-refractivity contribution in [1.82, 2.24) is 15.5 Å². The molecule has 0 saturated carbocycles. The van der Waals surface area contributed by atoms with Gasteiger partial charge in [-0.25, -0.2) is 0 Å². The normalized spacial score (nSPS) is 19.9. The highest BCUT2D eigenvalue weighted by Gasteiger charge is 2.12. The Hall–Kier alpha value is -0.260. The zero-order valence-corrected chi connectivity index (χ0v) is 10.4. The molecule has 0 aromatic carbocycles. The van der Waals surface area contributed by atoms with Gasteiger partial charge in [0.25, 0.3) is 0 Å². The van der Waals surface area contributed by atoms with E-state index in [2.05, 4.69) is 15.5 Å². The van der Waals surface area contributed by atoms with Crippen LogP contribution in [0.2, 0.25) is 0 Å². The highest BCUT2D eigenvalue weighted by atomic mass is 32.2. The fourth-order valence-corrected chi connectivity index (χ4v) is 1.82. The molecule has 1 heterocycles. The fourth-order valence-electron chi connectivity index (χ4n) is 1.52. The first-order chi connectivity index (χ1) is 7.24. The summed E-state index contributed by atoms with van der Waals surface area (Å²) in [7, 11) is 0. The molecule has 0 aliphatic carbocycles. The second-order valence-electron chi connectivity index (χ2n) is 3.76. The van der Waals surface area contributed by atoms with Crippen molar-refractivity contribution in [3.05, 3.63) is 0 Å². The van der Waals surface area contributed by atoms with Crippen LogP contribution in [0.5, 0.6) is 0 Å². The predicted molar refractivity (Wildman–Crippen MR) is 65.3 cm³/mol. The molecule has 1 aliphatic heterocycles. The molecule has 0 unspecified atom stereocenters. The molecule has 0 aromatic heterocycles. The largest absolute Gasteiger partial charge is 0.354 e. The lowest BCUT2D eigenvalue weighted by Gasteiger charge is -2.27. The fraction of sp³-hybridized carbons (Fsp3) is 0.900. The number of piperazine rings is 1. The Morgan fingerprint density at radius 3 is 2.80 bits per heavy atom. The number of rotatable bonds is 5. The molecule has 1 amide bonds. The van der Waals surface area contributed by atoms with E-state index in [1.54, 1.807) is 11.8 Å². The lowest BCUT2D eigenvalue weighted by Crippen LogP contribution is -2.46. The van der Waals surface area contributed by atoms with Crippen LogP contribution < -0.4 is 10.6 Å². The summed E-state index contributed by atoms with van der Waals surface area (Å²) in [6.45, 7) is 7.98. The average Bonchev–Trinajstić information content (AvgIpc) is 2.29. The molecule has 1 rings (SSSR count). The van der Waals surface area contributed by atoms with Gasteiger partial charge < -0.3 is 10.6 Å². The maximum Gasteiger partial charge on any atom is 0.232 e. The van der Waals surface area contributed by atoms with E-state index in [0.717, 1.165) is 39.3 Å². The molecule has 15 heavy (non-hydrogen) atoms. The van der Waals surface area contributed by atoms with Crippen molar-refractivity contribution in [3.8, 4) is 0 Å². The molecule has 0 aromatic rings. The van der Waals surface area contributed by atoms with Gasteiger partial charge in [-0.2, -0.15) is 11.8 Å². The third-order valence-corrected chi connectivity index (χ3v) is 3.58. The van der Waals surface area contributed by atoms with Gasteiger partial charge in [0.2, 0.25) is 5.91 Å². The summed E-state index contributed by atoms with van der Waals surface area (Å²) in [5.41, 5.74) is 0. The molecule has 1 aliphatic rings. The maximum atomic E-state index is 11.5. The summed E-state index contributed by atoms with van der Waals surface area (Å²) in [6, 6.07) is 0. The Morgan fingerprint density at radius 2 is 2.20 bits per heavy atom. The Bertz CT molecular complexity index is 195. The monoisotopic (exact) mass is 231 g/mol. The highest BCUT2D eigenvalue weighted by molar-refractivity contribution is 7.99. The maximum absolute atomic E-state index is 11.5. The number of nitrogens with one attached hydrogen (secondary N) is 2. The standard InChI is InChI=1S/C10H21N3OS/c1-9(15-2)10(14)12-5-8-13-6-3-11-4-7-13/h9,11H,3-8H2,1-2H3,(H,12,14)/t9-/m0/s1. The second-order valence-corrected chi connectivity index (χ2v) is 4.94. The number of amides is 1. The molecule has 1 atom stereocenters. The molecule has 0 spiro atoms. The van der Waals surface area contributed by atoms with Gasteiger partial charge in [-0.3, -0.25) is 9.69 Å². The molecular weight excluding hydrogens is 210 g/mol. The molecule has 0 bridgehead atoms. The Kier molecular flexibility index (Phi) is 6.05. The number of carbonyl (C=O) groups is 1. The molecule has 4 nitrogen and oxygen atoms in total. The van der Waals surface area contributed by atoms with Gasteiger partial charge in [-0.15, -0.1) is 0 Å². The van der Waals surface area contributed by atoms with Gasteiger partial charge in [0.1, 0.15) is 0 Å². The van der Waals surface area contributed by atoms with Crippen LogP contribution in [0, 0.1) is 0 Å². The number of carbonyl (C=O) groups excluding carboxylic acids is 1. The van der Waals surface area contributed by atoms with E-state index in [0.29, 0.717) is 0 Å². The number of thioether (sulfide) groups is 1. The van der Waals surface area contributed by atoms with Crippen molar-refractivity contribution in [3.63, 3.8) is 0 Å². The van der Waals surface area contributed by atoms with Crippen LogP contribution in [-0.2, 0) is 4.79 Å². The third kappa shape index (κ3) is 4.86. The van der Waals surface area contributed by atoms with E-state index in [1.165, 1.54) is 0 Å². The Balaban J connectivity index is 2.07. The third-order valence-electron chi connectivity index (χ3n) is 2.66. The second kappa shape index (κ2) is 7.09. The van der Waals surface area contributed by atoms with Crippen molar-refractivity contribution in [2.75, 3.05) is 45.5 Å². The van der Waals surface area contributed by atoms with Crippen LogP contribution in [0.15, 0.2) is 0 Å². The molecule has 1 saturated heterocycles. The molecule has 2 N–H and O–H groups in total. The highest BCUT2D eigenvalue weighted by Crippen LogP contribution is 2.03. The Morgan fingerprint density at radius 1 is 1.53 bits per heavy atom. The first kappa shape index (κ1) is 12.8. The Labute approximate surface area is 96.2 Å². The van der Waals surface area contributed by atoms with Gasteiger partial charge in [0, 0.05) is 39.3 Å². The van der Waals surface area contributed by atoms with E-state index in [-0.39, 0.29) is 11.2 Å². The van der Waals surface area contributed by atoms with Crippen molar-refractivity contribution in [2.24, 2.45) is 0 Å². The summed E-state index contributed by atoms with van der Waals surface area (Å²) < 4.78 is 0. The van der Waals surface area contributed by atoms with Crippen molar-refractivity contribution >= 4 is 17.7 Å². The van der Waals surface area contributed by atoms with Crippen LogP contribution in [-0.4, -0.2) is 61.6 Å². The smallest absolute Gasteiger partial charge is 0.232 e. The average molecular weight is 231 g/mol. The lowest BCUT2D eigenvalue weighted by molar-refractivity contribution is -0.120. The summed E-state index contributed by atoms with van der Waals surface area (Å²) in [4.78, 5) is 13.8. The summed E-state index contributed by atoms with van der Waals surface area (Å²) in [5.74, 6) is 0.151. The molecule has 0 radical (unpaired) electrons. The zero-order chi connectivity index (χ0) is 11.1. The minimum atomic E-state index is 0.0630. The number of hydrogen-bond acceptors (Lipinski definition) is 4. The van der Waals surface area contributed by atoms with Crippen LogP contribution in [0.1, 0.15) is 6.92 Å². The minimum absolute atomic E-state index is 0.0630. The topological polar surface area (TPSA) is 44.4 Å². The molecule has 88 valence electrons. The first-order valence-electron chi connectivity index (χ1n) is 5.47. The first-order valence-corrected chi connectivity index (χ1v) is 6.76. The SMILES string of the molecule is CS[C@@H](C)C(=O)NCCN1CCNCC1. The number of hydrogen-bond donors (Lipinski definition) is 2. The van der Waals surface area contributed by atoms with E-state index < -0.39 is 0 Å². The lowest BCUT2D eigenvalue weighted by atomic mass is 10.3. The van der Waals surface area contributed by atoms with Gasteiger partial charge in [0.15, 0.2) is 0 Å². The number of nitrogens with zero attached hydrogens (tertiary/aromatic N) is 1. The van der Waals surface area contributed by atoms with Crippen LogP contribution >= 0.6 is 11.8 Å². The predicted octanol–water partition coefficient (Wildman–Crippen LogP) is -0.241. The van der Waals surface area contributed by atoms with Gasteiger partial charge >= 0.3 is 0 Å². The van der Waals surface area contributed by atoms with Crippen molar-refractivity contribution in [2.45, 2.75) is 12.2 Å². The minimum Gasteiger partial charge on any atom is -0.354 e. The zero-order valence-electron chi connectivity index (χ0n) is 9.58. The van der Waals surface area contributed by atoms with Crippen LogP contribution in [0.3, 0.4) is 0 Å². The van der Waals surface area contributed by atoms with E-state index in [1.807, 2.05) is 13.2 Å². The molecule has 1 fully saturated rings. The quantitative estimate of drug-likeness (QED) is 0.685. The van der Waals surface area contributed by atoms with Crippen molar-refractivity contribution < 1.29 is 4.79 Å². The van der Waals surface area contributed by atoms with E-state index >= 15 is 0 Å². The van der Waals surface area contributed by atoms with Crippen LogP contribution in [0.4, 0.5) is 0 Å². The van der Waals surface area contributed by atoms with Crippen molar-refractivity contribution in [1.29, 1.82) is 0 Å². The molecule has 5 heteroatoms. The summed E-state index contributed by atoms with van der Waals surface area (Å²) >= 11 is 1.58. The van der Waals surface area contributed by atoms with Gasteiger partial charge in [-0.05, 0) is 13.2 Å². The van der Waals surface area contributed by atoms with Gasteiger partial charge in [-0.1, -0.05) is 0 Å².